The van der Waals surface area contributed by atoms with E-state index in [4.69, 9.17) is 23.2 Å². The van der Waals surface area contributed by atoms with Gasteiger partial charge in [-0.1, -0.05) is 45.2 Å². The minimum absolute atomic E-state index is 0.312. The van der Waals surface area contributed by atoms with Crippen molar-refractivity contribution in [3.8, 4) is 11.4 Å². The lowest BCUT2D eigenvalue weighted by molar-refractivity contribution is 0.627. The first-order chi connectivity index (χ1) is 10.5. The molecule has 3 aromatic rings. The lowest BCUT2D eigenvalue weighted by atomic mass is 10.2. The van der Waals surface area contributed by atoms with Crippen LogP contribution in [0.1, 0.15) is 5.56 Å². The molecule has 0 amide bonds. The van der Waals surface area contributed by atoms with Crippen molar-refractivity contribution in [2.24, 2.45) is 0 Å². The van der Waals surface area contributed by atoms with E-state index in [-0.39, 0.29) is 5.82 Å². The van der Waals surface area contributed by atoms with Crippen LogP contribution in [0.4, 0.5) is 4.39 Å². The Bertz CT molecular complexity index is 813. The average molecular weight is 400 g/mol. The number of hydrogen-bond donors (Lipinski definition) is 0. The van der Waals surface area contributed by atoms with Gasteiger partial charge in [0.2, 0.25) is 0 Å². The predicted octanol–water partition coefficient (Wildman–Crippen LogP) is 5.81. The molecule has 0 unspecified atom stereocenters. The molecule has 2 aromatic carbocycles. The molecular formula is C16H10BrCl2FN2. The van der Waals surface area contributed by atoms with Gasteiger partial charge in [0.1, 0.15) is 11.6 Å². The number of aromatic nitrogens is 2. The second kappa shape index (κ2) is 6.41. The van der Waals surface area contributed by atoms with E-state index in [0.717, 1.165) is 5.56 Å². The fourth-order valence-corrected chi connectivity index (χ4v) is 3.00. The van der Waals surface area contributed by atoms with Gasteiger partial charge in [-0.15, -0.1) is 0 Å². The molecule has 0 aliphatic heterocycles. The molecule has 0 saturated heterocycles. The summed E-state index contributed by atoms with van der Waals surface area (Å²) in [6, 6.07) is 10.2. The van der Waals surface area contributed by atoms with E-state index in [1.165, 1.54) is 12.1 Å². The Morgan fingerprint density at radius 2 is 1.91 bits per heavy atom. The van der Waals surface area contributed by atoms with Crippen LogP contribution in [0.15, 0.2) is 53.3 Å². The molecule has 0 radical (unpaired) electrons. The molecule has 112 valence electrons. The van der Waals surface area contributed by atoms with Gasteiger partial charge in [0, 0.05) is 29.0 Å². The van der Waals surface area contributed by atoms with Crippen molar-refractivity contribution in [1.29, 1.82) is 0 Å². The van der Waals surface area contributed by atoms with Crippen LogP contribution in [0, 0.1) is 5.82 Å². The van der Waals surface area contributed by atoms with E-state index in [1.54, 1.807) is 12.3 Å². The Balaban J connectivity index is 1.96. The van der Waals surface area contributed by atoms with Crippen LogP contribution in [0.2, 0.25) is 10.0 Å². The van der Waals surface area contributed by atoms with Crippen molar-refractivity contribution in [3.05, 3.63) is 74.7 Å². The van der Waals surface area contributed by atoms with Crippen molar-refractivity contribution in [2.75, 3.05) is 0 Å². The Hall–Kier alpha value is -1.36. The number of hydrogen-bond acceptors (Lipinski definition) is 1. The van der Waals surface area contributed by atoms with Gasteiger partial charge in [0.25, 0.3) is 0 Å². The summed E-state index contributed by atoms with van der Waals surface area (Å²) < 4.78 is 16.2. The van der Waals surface area contributed by atoms with E-state index in [1.807, 2.05) is 29.0 Å². The molecule has 1 heterocycles. The fourth-order valence-electron chi connectivity index (χ4n) is 2.21. The summed E-state index contributed by atoms with van der Waals surface area (Å²) in [5, 5.41) is 1.03. The molecule has 22 heavy (non-hydrogen) atoms. The molecule has 0 bridgehead atoms. The quantitative estimate of drug-likeness (QED) is 0.543. The van der Waals surface area contributed by atoms with Gasteiger partial charge in [0.05, 0.1) is 10.0 Å². The van der Waals surface area contributed by atoms with Crippen molar-refractivity contribution in [3.63, 3.8) is 0 Å². The van der Waals surface area contributed by atoms with Gasteiger partial charge in [-0.05, 0) is 35.9 Å². The maximum atomic E-state index is 13.6. The number of halogens is 4. The Morgan fingerprint density at radius 1 is 1.09 bits per heavy atom. The van der Waals surface area contributed by atoms with Crippen molar-refractivity contribution in [1.82, 2.24) is 9.55 Å². The predicted molar refractivity (Wildman–Crippen MR) is 90.9 cm³/mol. The third kappa shape index (κ3) is 3.35. The largest absolute Gasteiger partial charge is 0.327 e. The first-order valence-electron chi connectivity index (χ1n) is 6.44. The highest BCUT2D eigenvalue weighted by Crippen LogP contribution is 2.26. The topological polar surface area (TPSA) is 17.8 Å². The van der Waals surface area contributed by atoms with Crippen molar-refractivity contribution < 1.29 is 4.39 Å². The van der Waals surface area contributed by atoms with Gasteiger partial charge >= 0.3 is 0 Å². The van der Waals surface area contributed by atoms with Crippen LogP contribution < -0.4 is 0 Å². The molecule has 0 N–H and O–H groups in total. The molecule has 0 spiro atoms. The summed E-state index contributed by atoms with van der Waals surface area (Å²) in [6.07, 6.45) is 3.53. The average Bonchev–Trinajstić information content (AvgIpc) is 2.90. The first-order valence-corrected chi connectivity index (χ1v) is 7.99. The molecule has 0 fully saturated rings. The van der Waals surface area contributed by atoms with Gasteiger partial charge < -0.3 is 4.57 Å². The second-order valence-electron chi connectivity index (χ2n) is 4.79. The summed E-state index contributed by atoms with van der Waals surface area (Å²) >= 11 is 15.3. The summed E-state index contributed by atoms with van der Waals surface area (Å²) in [5.41, 5.74) is 1.70. The zero-order valence-corrected chi connectivity index (χ0v) is 14.3. The number of imidazole rings is 1. The van der Waals surface area contributed by atoms with Crippen molar-refractivity contribution >= 4 is 39.1 Å². The normalized spacial score (nSPS) is 10.9. The standard InChI is InChI=1S/C16H10BrCl2FN2/c17-12-6-11(7-13(20)8-12)16-21-3-4-22(16)9-10-1-2-14(18)15(19)5-10/h1-8H,9H2. The first kappa shape index (κ1) is 15.5. The minimum Gasteiger partial charge on any atom is -0.327 e. The van der Waals surface area contributed by atoms with Gasteiger partial charge in [0.15, 0.2) is 0 Å². The lowest BCUT2D eigenvalue weighted by Gasteiger charge is -2.09. The van der Waals surface area contributed by atoms with Crippen LogP contribution in [0.3, 0.4) is 0 Å². The molecule has 0 atom stereocenters. The third-order valence-corrected chi connectivity index (χ3v) is 4.37. The Kier molecular flexibility index (Phi) is 4.52. The third-order valence-electron chi connectivity index (χ3n) is 3.17. The second-order valence-corrected chi connectivity index (χ2v) is 6.52. The summed E-state index contributed by atoms with van der Waals surface area (Å²) in [6.45, 7) is 0.570. The molecule has 0 aliphatic rings. The van der Waals surface area contributed by atoms with E-state index in [2.05, 4.69) is 20.9 Å². The highest BCUT2D eigenvalue weighted by Gasteiger charge is 2.09. The molecule has 0 saturated carbocycles. The number of rotatable bonds is 3. The Morgan fingerprint density at radius 3 is 2.64 bits per heavy atom. The lowest BCUT2D eigenvalue weighted by Crippen LogP contribution is -2.01. The minimum atomic E-state index is -0.312. The fraction of sp³-hybridized carbons (Fsp3) is 0.0625. The smallest absolute Gasteiger partial charge is 0.140 e. The summed E-state index contributed by atoms with van der Waals surface area (Å²) in [7, 11) is 0. The number of benzene rings is 2. The highest BCUT2D eigenvalue weighted by molar-refractivity contribution is 9.10. The van der Waals surface area contributed by atoms with E-state index in [9.17, 15) is 4.39 Å². The SMILES string of the molecule is Fc1cc(Br)cc(-c2nccn2Cc2ccc(Cl)c(Cl)c2)c1. The Labute approximate surface area is 145 Å². The summed E-state index contributed by atoms with van der Waals surface area (Å²) in [4.78, 5) is 4.32. The van der Waals surface area contributed by atoms with Gasteiger partial charge in [-0.2, -0.15) is 0 Å². The summed E-state index contributed by atoms with van der Waals surface area (Å²) in [5.74, 6) is 0.375. The van der Waals surface area contributed by atoms with Gasteiger partial charge in [-0.25, -0.2) is 9.37 Å². The highest BCUT2D eigenvalue weighted by atomic mass is 79.9. The van der Waals surface area contributed by atoms with Crippen LogP contribution >= 0.6 is 39.1 Å². The zero-order valence-electron chi connectivity index (χ0n) is 11.2. The van der Waals surface area contributed by atoms with Crippen LogP contribution in [0.5, 0.6) is 0 Å². The molecule has 6 heteroatoms. The monoisotopic (exact) mass is 398 g/mol. The molecular weight excluding hydrogens is 390 g/mol. The maximum absolute atomic E-state index is 13.6. The van der Waals surface area contributed by atoms with Crippen LogP contribution in [-0.2, 0) is 6.54 Å². The zero-order chi connectivity index (χ0) is 15.7. The molecule has 2 nitrogen and oxygen atoms in total. The van der Waals surface area contributed by atoms with E-state index >= 15 is 0 Å². The van der Waals surface area contributed by atoms with Crippen LogP contribution in [-0.4, -0.2) is 9.55 Å². The maximum Gasteiger partial charge on any atom is 0.140 e. The molecule has 3 rings (SSSR count). The van der Waals surface area contributed by atoms with E-state index < -0.39 is 0 Å². The van der Waals surface area contributed by atoms with E-state index in [0.29, 0.717) is 32.5 Å². The van der Waals surface area contributed by atoms with Crippen LogP contribution in [0.25, 0.3) is 11.4 Å². The number of nitrogens with zero attached hydrogens (tertiary/aromatic N) is 2. The molecule has 0 aliphatic carbocycles. The van der Waals surface area contributed by atoms with Gasteiger partial charge in [-0.3, -0.25) is 0 Å². The van der Waals surface area contributed by atoms with Crippen molar-refractivity contribution in [2.45, 2.75) is 6.54 Å². The molecule has 1 aromatic heterocycles.